The third-order valence-corrected chi connectivity index (χ3v) is 5.82. The Morgan fingerprint density at radius 2 is 1.80 bits per heavy atom. The number of hydrogen-bond donors (Lipinski definition) is 3. The molecule has 0 unspecified atom stereocenters. The van der Waals surface area contributed by atoms with Crippen LogP contribution in [0.4, 0.5) is 0 Å². The SMILES string of the molecule is Cc1cnc(CN(CCCCNC(=O)c2ccc(O)nc2)Cc2ncccc2C(C)(C)O)c(C)c1. The van der Waals surface area contributed by atoms with Gasteiger partial charge >= 0.3 is 0 Å². The highest BCUT2D eigenvalue weighted by Crippen LogP contribution is 2.24. The molecule has 3 heterocycles. The van der Waals surface area contributed by atoms with E-state index < -0.39 is 5.60 Å². The van der Waals surface area contributed by atoms with Gasteiger partial charge in [-0.05, 0) is 70.3 Å². The van der Waals surface area contributed by atoms with E-state index in [1.807, 2.05) is 25.3 Å². The molecule has 1 amide bonds. The van der Waals surface area contributed by atoms with E-state index in [4.69, 9.17) is 0 Å². The number of nitrogens with zero attached hydrogens (tertiary/aromatic N) is 4. The summed E-state index contributed by atoms with van der Waals surface area (Å²) in [7, 11) is 0. The summed E-state index contributed by atoms with van der Waals surface area (Å²) in [6.45, 7) is 10.2. The first-order chi connectivity index (χ1) is 16.6. The van der Waals surface area contributed by atoms with Crippen LogP contribution in [-0.2, 0) is 18.7 Å². The molecular formula is C27H35N5O3. The molecule has 3 rings (SSSR count). The Hall–Kier alpha value is -3.36. The highest BCUT2D eigenvalue weighted by molar-refractivity contribution is 5.93. The fourth-order valence-corrected chi connectivity index (χ4v) is 3.95. The van der Waals surface area contributed by atoms with Crippen LogP contribution in [0.25, 0.3) is 0 Å². The zero-order valence-electron chi connectivity index (χ0n) is 21.0. The zero-order valence-corrected chi connectivity index (χ0v) is 21.0. The lowest BCUT2D eigenvalue weighted by atomic mass is 9.96. The summed E-state index contributed by atoms with van der Waals surface area (Å²) >= 11 is 0. The number of aromatic nitrogens is 3. The molecule has 0 aliphatic carbocycles. The fraction of sp³-hybridized carbons (Fsp3) is 0.407. The van der Waals surface area contributed by atoms with Gasteiger partial charge in [-0.1, -0.05) is 12.1 Å². The molecule has 0 aliphatic heterocycles. The predicted molar refractivity (Wildman–Crippen MR) is 135 cm³/mol. The van der Waals surface area contributed by atoms with Gasteiger partial charge in [0, 0.05) is 49.9 Å². The molecule has 0 saturated carbocycles. The second-order valence-corrected chi connectivity index (χ2v) is 9.41. The van der Waals surface area contributed by atoms with Crippen LogP contribution in [0.3, 0.4) is 0 Å². The Labute approximate surface area is 207 Å². The number of aliphatic hydroxyl groups is 1. The third-order valence-electron chi connectivity index (χ3n) is 5.82. The number of carbonyl (C=O) groups excluding carboxylic acids is 1. The van der Waals surface area contributed by atoms with E-state index in [1.165, 1.54) is 12.3 Å². The number of carbonyl (C=O) groups is 1. The average Bonchev–Trinajstić information content (AvgIpc) is 2.80. The third kappa shape index (κ3) is 7.83. The lowest BCUT2D eigenvalue weighted by Gasteiger charge is -2.26. The largest absolute Gasteiger partial charge is 0.493 e. The molecule has 0 spiro atoms. The van der Waals surface area contributed by atoms with Crippen molar-refractivity contribution < 1.29 is 15.0 Å². The Balaban J connectivity index is 1.63. The maximum atomic E-state index is 12.2. The molecule has 8 nitrogen and oxygen atoms in total. The molecule has 0 radical (unpaired) electrons. The van der Waals surface area contributed by atoms with Gasteiger partial charge in [-0.25, -0.2) is 4.98 Å². The minimum atomic E-state index is -0.985. The predicted octanol–water partition coefficient (Wildman–Crippen LogP) is 3.63. The van der Waals surface area contributed by atoms with Crippen LogP contribution in [0.15, 0.2) is 48.9 Å². The van der Waals surface area contributed by atoms with Crippen molar-refractivity contribution in [2.75, 3.05) is 13.1 Å². The molecule has 3 N–H and O–H groups in total. The van der Waals surface area contributed by atoms with Crippen molar-refractivity contribution in [1.82, 2.24) is 25.2 Å². The van der Waals surface area contributed by atoms with E-state index in [0.717, 1.165) is 47.5 Å². The van der Waals surface area contributed by atoms with Crippen molar-refractivity contribution in [3.63, 3.8) is 0 Å². The van der Waals surface area contributed by atoms with Gasteiger partial charge in [-0.15, -0.1) is 0 Å². The molecule has 0 aliphatic rings. The quantitative estimate of drug-likeness (QED) is 0.362. The number of pyridine rings is 3. The van der Waals surface area contributed by atoms with Gasteiger partial charge in [0.15, 0.2) is 0 Å². The summed E-state index contributed by atoms with van der Waals surface area (Å²) in [4.78, 5) is 27.5. The summed E-state index contributed by atoms with van der Waals surface area (Å²) in [6.07, 6.45) is 6.66. The van der Waals surface area contributed by atoms with Crippen LogP contribution in [-0.4, -0.2) is 49.1 Å². The van der Waals surface area contributed by atoms with Gasteiger partial charge in [-0.3, -0.25) is 19.7 Å². The first-order valence-corrected chi connectivity index (χ1v) is 11.9. The Morgan fingerprint density at radius 1 is 1.03 bits per heavy atom. The summed E-state index contributed by atoms with van der Waals surface area (Å²) < 4.78 is 0. The number of hydrogen-bond acceptors (Lipinski definition) is 7. The Kier molecular flexibility index (Phi) is 8.89. The first-order valence-electron chi connectivity index (χ1n) is 11.9. The zero-order chi connectivity index (χ0) is 25.4. The van der Waals surface area contributed by atoms with Crippen LogP contribution in [0.5, 0.6) is 5.88 Å². The van der Waals surface area contributed by atoms with Crippen LogP contribution in [0.1, 0.15) is 65.1 Å². The number of amides is 1. The maximum absolute atomic E-state index is 12.2. The van der Waals surface area contributed by atoms with Crippen molar-refractivity contribution in [3.05, 3.63) is 82.6 Å². The van der Waals surface area contributed by atoms with Crippen LogP contribution >= 0.6 is 0 Å². The van der Waals surface area contributed by atoms with E-state index in [1.54, 1.807) is 26.1 Å². The van der Waals surface area contributed by atoms with Gasteiger partial charge in [0.05, 0.1) is 22.6 Å². The molecule has 0 atom stereocenters. The Morgan fingerprint density at radius 3 is 2.49 bits per heavy atom. The van der Waals surface area contributed by atoms with Crippen molar-refractivity contribution in [1.29, 1.82) is 0 Å². The molecule has 0 fully saturated rings. The number of aryl methyl sites for hydroxylation is 2. The van der Waals surface area contributed by atoms with Crippen molar-refractivity contribution >= 4 is 5.91 Å². The second-order valence-electron chi connectivity index (χ2n) is 9.41. The molecule has 3 aromatic heterocycles. The van der Waals surface area contributed by atoms with E-state index in [2.05, 4.69) is 38.2 Å². The molecule has 35 heavy (non-hydrogen) atoms. The molecule has 0 saturated heterocycles. The molecule has 3 aromatic rings. The normalized spacial score (nSPS) is 11.6. The minimum absolute atomic E-state index is 0.111. The number of rotatable bonds is 11. The summed E-state index contributed by atoms with van der Waals surface area (Å²) in [5.41, 5.74) is 4.39. The van der Waals surface area contributed by atoms with Crippen LogP contribution < -0.4 is 5.32 Å². The maximum Gasteiger partial charge on any atom is 0.252 e. The summed E-state index contributed by atoms with van der Waals surface area (Å²) in [5.74, 6) is -0.322. The smallest absolute Gasteiger partial charge is 0.252 e. The van der Waals surface area contributed by atoms with Gasteiger partial charge in [0.25, 0.3) is 5.91 Å². The molecule has 0 bridgehead atoms. The summed E-state index contributed by atoms with van der Waals surface area (Å²) in [5, 5.41) is 22.8. The van der Waals surface area contributed by atoms with Crippen molar-refractivity contribution in [2.24, 2.45) is 0 Å². The van der Waals surface area contributed by atoms with Gasteiger partial charge in [0.1, 0.15) is 0 Å². The molecule has 0 aromatic carbocycles. The number of nitrogens with one attached hydrogen (secondary N) is 1. The summed E-state index contributed by atoms with van der Waals surface area (Å²) in [6, 6.07) is 8.84. The molecule has 186 valence electrons. The highest BCUT2D eigenvalue weighted by atomic mass is 16.3. The number of unbranched alkanes of at least 4 members (excludes halogenated alkanes) is 1. The molecular weight excluding hydrogens is 442 g/mol. The minimum Gasteiger partial charge on any atom is -0.493 e. The van der Waals surface area contributed by atoms with Gasteiger partial charge in [0.2, 0.25) is 5.88 Å². The number of aromatic hydroxyl groups is 1. The van der Waals surface area contributed by atoms with Gasteiger partial charge < -0.3 is 15.5 Å². The van der Waals surface area contributed by atoms with E-state index in [9.17, 15) is 15.0 Å². The Bertz CT molecular complexity index is 1130. The van der Waals surface area contributed by atoms with Crippen molar-refractivity contribution in [3.8, 4) is 5.88 Å². The fourth-order valence-electron chi connectivity index (χ4n) is 3.95. The van der Waals surface area contributed by atoms with Gasteiger partial charge in [-0.2, -0.15) is 0 Å². The van der Waals surface area contributed by atoms with Crippen LogP contribution in [0, 0.1) is 13.8 Å². The standard InChI is InChI=1S/C27H35N5O3/c1-19-14-20(2)23(30-15-19)17-32(18-24-22(27(3,4)35)8-7-12-28-24)13-6-5-11-29-26(34)21-9-10-25(33)31-16-21/h7-10,12,14-16,35H,5-6,11,13,17-18H2,1-4H3,(H,29,34)(H,31,33). The molecule has 8 heteroatoms. The van der Waals surface area contributed by atoms with E-state index in [-0.39, 0.29) is 11.8 Å². The average molecular weight is 478 g/mol. The lowest BCUT2D eigenvalue weighted by Crippen LogP contribution is -2.29. The highest BCUT2D eigenvalue weighted by Gasteiger charge is 2.22. The lowest BCUT2D eigenvalue weighted by molar-refractivity contribution is 0.0758. The van der Waals surface area contributed by atoms with E-state index >= 15 is 0 Å². The van der Waals surface area contributed by atoms with Crippen molar-refractivity contribution in [2.45, 2.75) is 59.2 Å². The van der Waals surface area contributed by atoms with Crippen LogP contribution in [0.2, 0.25) is 0 Å². The first kappa shape index (κ1) is 26.2. The second kappa shape index (κ2) is 11.9. The topological polar surface area (TPSA) is 111 Å². The monoisotopic (exact) mass is 477 g/mol. The van der Waals surface area contributed by atoms with E-state index in [0.29, 0.717) is 25.2 Å².